The molecule has 1 heterocycles. The summed E-state index contributed by atoms with van der Waals surface area (Å²) in [6.45, 7) is 1.73. The van der Waals surface area contributed by atoms with Gasteiger partial charge >= 0.3 is 0 Å². The van der Waals surface area contributed by atoms with Crippen molar-refractivity contribution in [2.24, 2.45) is 0 Å². The first-order chi connectivity index (χ1) is 16.4. The first kappa shape index (κ1) is 23.5. The molecule has 0 aromatic heterocycles. The van der Waals surface area contributed by atoms with Gasteiger partial charge in [-0.05, 0) is 67.7 Å². The van der Waals surface area contributed by atoms with Gasteiger partial charge in [-0.25, -0.2) is 0 Å². The Balaban J connectivity index is 1.54. The van der Waals surface area contributed by atoms with Crippen molar-refractivity contribution in [2.75, 3.05) is 32.1 Å². The third-order valence-electron chi connectivity index (χ3n) is 5.40. The molecule has 34 heavy (non-hydrogen) atoms. The SMILES string of the molecule is CN(C)CCNC(=O)c1ccc(/C=C2\Oc3ccccc3N(Cc3ccc(Cl)cc3)C2=O)cc1. The zero-order valence-electron chi connectivity index (χ0n) is 19.1. The minimum absolute atomic E-state index is 0.130. The summed E-state index contributed by atoms with van der Waals surface area (Å²) in [6, 6.07) is 22.0. The number of benzene rings is 3. The molecule has 0 fully saturated rings. The fourth-order valence-corrected chi connectivity index (χ4v) is 3.69. The van der Waals surface area contributed by atoms with Gasteiger partial charge in [0.15, 0.2) is 11.5 Å². The van der Waals surface area contributed by atoms with Gasteiger partial charge in [0.1, 0.15) is 0 Å². The number of rotatable bonds is 7. The lowest BCUT2D eigenvalue weighted by Gasteiger charge is -2.30. The Kier molecular flexibility index (Phi) is 7.30. The van der Waals surface area contributed by atoms with E-state index in [1.54, 1.807) is 35.2 Å². The lowest BCUT2D eigenvalue weighted by atomic mass is 10.1. The van der Waals surface area contributed by atoms with E-state index < -0.39 is 0 Å². The van der Waals surface area contributed by atoms with Crippen molar-refractivity contribution < 1.29 is 14.3 Å². The van der Waals surface area contributed by atoms with Crippen molar-refractivity contribution in [1.29, 1.82) is 0 Å². The first-order valence-electron chi connectivity index (χ1n) is 11.0. The highest BCUT2D eigenvalue weighted by atomic mass is 35.5. The third-order valence-corrected chi connectivity index (χ3v) is 5.65. The number of likely N-dealkylation sites (N-methyl/N-ethyl adjacent to an activating group) is 1. The number of para-hydroxylation sites is 2. The molecule has 1 aliphatic rings. The van der Waals surface area contributed by atoms with Crippen LogP contribution in [0.5, 0.6) is 5.75 Å². The average Bonchev–Trinajstić information content (AvgIpc) is 2.83. The zero-order valence-corrected chi connectivity index (χ0v) is 19.9. The van der Waals surface area contributed by atoms with Crippen LogP contribution in [0.2, 0.25) is 5.02 Å². The molecular formula is C27H26ClN3O3. The van der Waals surface area contributed by atoms with Gasteiger partial charge in [0.2, 0.25) is 0 Å². The van der Waals surface area contributed by atoms with Gasteiger partial charge < -0.3 is 15.0 Å². The molecule has 0 atom stereocenters. The van der Waals surface area contributed by atoms with Crippen LogP contribution >= 0.6 is 11.6 Å². The molecule has 0 saturated carbocycles. The van der Waals surface area contributed by atoms with Crippen LogP contribution in [0.25, 0.3) is 6.08 Å². The predicted octanol–water partition coefficient (Wildman–Crippen LogP) is 4.60. The lowest BCUT2D eigenvalue weighted by Crippen LogP contribution is -2.36. The second-order valence-electron chi connectivity index (χ2n) is 8.28. The molecule has 0 bridgehead atoms. The predicted molar refractivity (Wildman–Crippen MR) is 135 cm³/mol. The molecular weight excluding hydrogens is 450 g/mol. The van der Waals surface area contributed by atoms with Gasteiger partial charge in [0.05, 0.1) is 12.2 Å². The van der Waals surface area contributed by atoms with E-state index in [-0.39, 0.29) is 17.6 Å². The molecule has 0 spiro atoms. The van der Waals surface area contributed by atoms with E-state index in [2.05, 4.69) is 5.32 Å². The monoisotopic (exact) mass is 475 g/mol. The van der Waals surface area contributed by atoms with E-state index >= 15 is 0 Å². The zero-order chi connectivity index (χ0) is 24.1. The Labute approximate surface area is 204 Å². The molecule has 3 aromatic rings. The van der Waals surface area contributed by atoms with Gasteiger partial charge in [0.25, 0.3) is 11.8 Å². The second kappa shape index (κ2) is 10.5. The highest BCUT2D eigenvalue weighted by Crippen LogP contribution is 2.36. The lowest BCUT2D eigenvalue weighted by molar-refractivity contribution is -0.117. The maximum absolute atomic E-state index is 13.4. The number of nitrogens with zero attached hydrogens (tertiary/aromatic N) is 2. The molecule has 0 unspecified atom stereocenters. The van der Waals surface area contributed by atoms with Crippen LogP contribution in [0.3, 0.4) is 0 Å². The van der Waals surface area contributed by atoms with Gasteiger partial charge in [-0.2, -0.15) is 0 Å². The molecule has 0 saturated heterocycles. The fourth-order valence-electron chi connectivity index (χ4n) is 3.57. The van der Waals surface area contributed by atoms with Crippen LogP contribution in [0.4, 0.5) is 5.69 Å². The summed E-state index contributed by atoms with van der Waals surface area (Å²) in [5.74, 6) is 0.461. The van der Waals surface area contributed by atoms with Crippen LogP contribution in [-0.4, -0.2) is 43.9 Å². The van der Waals surface area contributed by atoms with Crippen LogP contribution in [0.1, 0.15) is 21.5 Å². The smallest absolute Gasteiger partial charge is 0.294 e. The summed E-state index contributed by atoms with van der Waals surface area (Å²) < 4.78 is 5.95. The fraction of sp³-hybridized carbons (Fsp3) is 0.185. The number of halogens is 1. The molecule has 0 radical (unpaired) electrons. The van der Waals surface area contributed by atoms with Crippen LogP contribution in [0, 0.1) is 0 Å². The van der Waals surface area contributed by atoms with Crippen molar-refractivity contribution >= 4 is 35.2 Å². The van der Waals surface area contributed by atoms with E-state index in [1.165, 1.54) is 0 Å². The first-order valence-corrected chi connectivity index (χ1v) is 11.4. The van der Waals surface area contributed by atoms with Crippen LogP contribution in [-0.2, 0) is 11.3 Å². The van der Waals surface area contributed by atoms with Gasteiger partial charge in [0, 0.05) is 23.7 Å². The maximum atomic E-state index is 13.4. The van der Waals surface area contributed by atoms with E-state index in [0.717, 1.165) is 17.7 Å². The Morgan fingerprint density at radius 1 is 1.03 bits per heavy atom. The summed E-state index contributed by atoms with van der Waals surface area (Å²) in [5.41, 5.74) is 2.99. The minimum atomic E-state index is -0.237. The number of amides is 2. The highest BCUT2D eigenvalue weighted by Gasteiger charge is 2.30. The summed E-state index contributed by atoms with van der Waals surface area (Å²) in [5, 5.41) is 3.54. The maximum Gasteiger partial charge on any atom is 0.294 e. The Bertz CT molecular complexity index is 1200. The quantitative estimate of drug-likeness (QED) is 0.507. The Morgan fingerprint density at radius 2 is 1.74 bits per heavy atom. The summed E-state index contributed by atoms with van der Waals surface area (Å²) in [7, 11) is 3.91. The number of carbonyl (C=O) groups excluding carboxylic acids is 2. The number of nitrogens with one attached hydrogen (secondary N) is 1. The summed E-state index contributed by atoms with van der Waals surface area (Å²) in [6.07, 6.45) is 1.70. The van der Waals surface area contributed by atoms with Crippen molar-refractivity contribution in [1.82, 2.24) is 10.2 Å². The van der Waals surface area contributed by atoms with E-state index in [4.69, 9.17) is 16.3 Å². The molecule has 4 rings (SSSR count). The number of hydrogen-bond donors (Lipinski definition) is 1. The molecule has 1 N–H and O–H groups in total. The van der Waals surface area contributed by atoms with E-state index in [1.807, 2.05) is 67.5 Å². The molecule has 1 aliphatic heterocycles. The van der Waals surface area contributed by atoms with Crippen molar-refractivity contribution in [3.63, 3.8) is 0 Å². The minimum Gasteiger partial charge on any atom is -0.449 e. The van der Waals surface area contributed by atoms with Gasteiger partial charge in [-0.15, -0.1) is 0 Å². The average molecular weight is 476 g/mol. The number of anilines is 1. The van der Waals surface area contributed by atoms with Crippen LogP contribution in [0.15, 0.2) is 78.6 Å². The number of carbonyl (C=O) groups is 2. The van der Waals surface area contributed by atoms with Crippen molar-refractivity contribution in [2.45, 2.75) is 6.54 Å². The standard InChI is InChI=1S/C27H26ClN3O3/c1-30(2)16-15-29-26(32)21-11-7-19(8-12-21)17-25-27(33)31(18-20-9-13-22(28)14-10-20)23-5-3-4-6-24(23)34-25/h3-14,17H,15-16,18H2,1-2H3,(H,29,32)/b25-17-. The largest absolute Gasteiger partial charge is 0.449 e. The number of hydrogen-bond acceptors (Lipinski definition) is 4. The molecule has 7 heteroatoms. The number of ether oxygens (including phenoxy) is 1. The Hall–Kier alpha value is -3.61. The molecule has 3 aromatic carbocycles. The van der Waals surface area contributed by atoms with Gasteiger partial charge in [-0.1, -0.05) is 48.0 Å². The van der Waals surface area contributed by atoms with Crippen molar-refractivity contribution in [3.8, 4) is 5.75 Å². The second-order valence-corrected chi connectivity index (χ2v) is 8.71. The van der Waals surface area contributed by atoms with Crippen molar-refractivity contribution in [3.05, 3.63) is 100 Å². The van der Waals surface area contributed by atoms with E-state index in [9.17, 15) is 9.59 Å². The van der Waals surface area contributed by atoms with Gasteiger partial charge in [-0.3, -0.25) is 14.5 Å². The number of fused-ring (bicyclic) bond motifs is 1. The third kappa shape index (κ3) is 5.65. The summed E-state index contributed by atoms with van der Waals surface area (Å²) in [4.78, 5) is 29.4. The molecule has 174 valence electrons. The summed E-state index contributed by atoms with van der Waals surface area (Å²) >= 11 is 6.01. The van der Waals surface area contributed by atoms with E-state index in [0.29, 0.717) is 35.1 Å². The molecule has 0 aliphatic carbocycles. The normalized spacial score (nSPS) is 14.2. The molecule has 6 nitrogen and oxygen atoms in total. The Morgan fingerprint density at radius 3 is 2.44 bits per heavy atom. The highest BCUT2D eigenvalue weighted by molar-refractivity contribution is 6.30. The van der Waals surface area contributed by atoms with Crippen LogP contribution < -0.4 is 15.0 Å². The topological polar surface area (TPSA) is 61.9 Å². The molecule has 2 amide bonds.